The molecule has 1 unspecified atom stereocenters. The molecule has 0 radical (unpaired) electrons. The number of benzene rings is 1. The molecule has 0 heterocycles. The van der Waals surface area contributed by atoms with Crippen molar-refractivity contribution < 1.29 is 9.53 Å². The first-order chi connectivity index (χ1) is 8.84. The average Bonchev–Trinajstić information content (AvgIpc) is 2.31. The van der Waals surface area contributed by atoms with Crippen LogP contribution in [0.15, 0.2) is 30.3 Å². The fourth-order valence-electron chi connectivity index (χ4n) is 2.08. The Morgan fingerprint density at radius 2 is 1.89 bits per heavy atom. The second-order valence-electron chi connectivity index (χ2n) is 5.65. The normalized spacial score (nSPS) is 13.5. The highest BCUT2D eigenvalue weighted by Crippen LogP contribution is 2.25. The minimum atomic E-state index is -0.340. The van der Waals surface area contributed by atoms with E-state index in [1.807, 2.05) is 64.1 Å². The number of carbonyl (C=O) groups is 1. The maximum atomic E-state index is 11.3. The smallest absolute Gasteiger partial charge is 0.132 e. The molecule has 0 aliphatic heterocycles. The lowest BCUT2D eigenvalue weighted by Crippen LogP contribution is -2.32. The van der Waals surface area contributed by atoms with Crippen LogP contribution >= 0.6 is 0 Å². The molecule has 0 fully saturated rings. The van der Waals surface area contributed by atoms with Gasteiger partial charge in [0.1, 0.15) is 17.1 Å². The van der Waals surface area contributed by atoms with Gasteiger partial charge < -0.3 is 4.74 Å². The molecule has 0 aromatic heterocycles. The second-order valence-corrected chi connectivity index (χ2v) is 5.65. The van der Waals surface area contributed by atoms with Gasteiger partial charge in [-0.15, -0.1) is 0 Å². The van der Waals surface area contributed by atoms with Crippen molar-refractivity contribution in [2.24, 2.45) is 5.92 Å². The summed E-state index contributed by atoms with van der Waals surface area (Å²) in [5, 5.41) is 0. The molecule has 0 saturated carbocycles. The Morgan fingerprint density at radius 1 is 1.32 bits per heavy atom. The molecule has 1 aromatic carbocycles. The van der Waals surface area contributed by atoms with E-state index in [4.69, 9.17) is 4.74 Å². The Balaban J connectivity index is 2.69. The first kappa shape index (κ1) is 15.5. The lowest BCUT2D eigenvalue weighted by Gasteiger charge is -2.28. The molecule has 0 amide bonds. The molecule has 0 saturated heterocycles. The van der Waals surface area contributed by atoms with Crippen LogP contribution in [0.2, 0.25) is 0 Å². The molecule has 1 rings (SSSR count). The fourth-order valence-corrected chi connectivity index (χ4v) is 2.08. The molecule has 2 heteroatoms. The van der Waals surface area contributed by atoms with Crippen LogP contribution in [0.4, 0.5) is 0 Å². The van der Waals surface area contributed by atoms with E-state index in [0.717, 1.165) is 17.7 Å². The van der Waals surface area contributed by atoms with Gasteiger partial charge in [0.2, 0.25) is 0 Å². The van der Waals surface area contributed by atoms with Crippen LogP contribution in [-0.2, 0) is 4.79 Å². The Bertz CT molecular complexity index is 441. The highest BCUT2D eigenvalue weighted by atomic mass is 16.5. The van der Waals surface area contributed by atoms with Crippen molar-refractivity contribution in [3.05, 3.63) is 35.9 Å². The molecule has 0 aliphatic carbocycles. The number of ether oxygens (including phenoxy) is 1. The van der Waals surface area contributed by atoms with Crippen molar-refractivity contribution in [2.75, 3.05) is 0 Å². The monoisotopic (exact) mass is 260 g/mol. The molecule has 0 bridgehead atoms. The third-order valence-electron chi connectivity index (χ3n) is 3.13. The maximum absolute atomic E-state index is 11.3. The Morgan fingerprint density at radius 3 is 2.37 bits per heavy atom. The van der Waals surface area contributed by atoms with Crippen LogP contribution in [-0.4, -0.2) is 11.4 Å². The van der Waals surface area contributed by atoms with Gasteiger partial charge in [0.25, 0.3) is 0 Å². The largest absolute Gasteiger partial charge is 0.488 e. The molecule has 19 heavy (non-hydrogen) atoms. The van der Waals surface area contributed by atoms with Gasteiger partial charge in [-0.25, -0.2) is 0 Å². The van der Waals surface area contributed by atoms with E-state index in [-0.39, 0.29) is 17.3 Å². The minimum absolute atomic E-state index is 0.0253. The summed E-state index contributed by atoms with van der Waals surface area (Å²) >= 11 is 0. The van der Waals surface area contributed by atoms with E-state index in [0.29, 0.717) is 0 Å². The number of allylic oxidation sites excluding steroid dienone is 1. The van der Waals surface area contributed by atoms with Gasteiger partial charge in [0.05, 0.1) is 0 Å². The topological polar surface area (TPSA) is 26.3 Å². The molecule has 104 valence electrons. The van der Waals surface area contributed by atoms with Crippen LogP contribution in [0.5, 0.6) is 5.75 Å². The summed E-state index contributed by atoms with van der Waals surface area (Å²) in [5.74, 6) is 1.08. The van der Waals surface area contributed by atoms with E-state index in [9.17, 15) is 4.79 Å². The number of Topliss-reactive ketones (excluding diaryl/α,β-unsaturated/α-hetero) is 1. The van der Waals surface area contributed by atoms with Crippen molar-refractivity contribution in [1.29, 1.82) is 0 Å². The van der Waals surface area contributed by atoms with Crippen molar-refractivity contribution in [3.8, 4) is 5.75 Å². The molecule has 0 N–H and O–H groups in total. The van der Waals surface area contributed by atoms with Crippen molar-refractivity contribution in [1.82, 2.24) is 0 Å². The summed E-state index contributed by atoms with van der Waals surface area (Å²) in [6, 6.07) is 7.99. The third-order valence-corrected chi connectivity index (χ3v) is 3.13. The van der Waals surface area contributed by atoms with Crippen LogP contribution in [0.3, 0.4) is 0 Å². The zero-order chi connectivity index (χ0) is 14.5. The predicted molar refractivity (Wildman–Crippen MR) is 80.3 cm³/mol. The van der Waals surface area contributed by atoms with E-state index in [1.54, 1.807) is 6.92 Å². The molecule has 1 aromatic rings. The number of rotatable bonds is 6. The minimum Gasteiger partial charge on any atom is -0.488 e. The zero-order valence-electron chi connectivity index (χ0n) is 12.6. The Kier molecular flexibility index (Phi) is 5.34. The van der Waals surface area contributed by atoms with E-state index >= 15 is 0 Å². The fraction of sp³-hybridized carbons (Fsp3) is 0.471. The highest BCUT2D eigenvalue weighted by Gasteiger charge is 2.25. The van der Waals surface area contributed by atoms with Crippen LogP contribution in [0.1, 0.15) is 46.6 Å². The summed E-state index contributed by atoms with van der Waals surface area (Å²) in [6.07, 6.45) is 4.78. The number of hydrogen-bond acceptors (Lipinski definition) is 2. The predicted octanol–water partition coefficient (Wildman–Crippen LogP) is 4.49. The molecule has 2 nitrogen and oxygen atoms in total. The molecule has 1 atom stereocenters. The van der Waals surface area contributed by atoms with E-state index in [1.165, 1.54) is 0 Å². The quantitative estimate of drug-likeness (QED) is 0.753. The third kappa shape index (κ3) is 5.29. The van der Waals surface area contributed by atoms with Gasteiger partial charge in [-0.3, -0.25) is 4.79 Å². The summed E-state index contributed by atoms with van der Waals surface area (Å²) in [6.45, 7) is 9.62. The van der Waals surface area contributed by atoms with Crippen molar-refractivity contribution >= 4 is 11.9 Å². The first-order valence-corrected chi connectivity index (χ1v) is 6.76. The summed E-state index contributed by atoms with van der Waals surface area (Å²) < 4.78 is 5.98. The lowest BCUT2D eigenvalue weighted by molar-refractivity contribution is -0.121. The Hall–Kier alpha value is -1.57. The van der Waals surface area contributed by atoms with Gasteiger partial charge in [0.15, 0.2) is 0 Å². The zero-order valence-corrected chi connectivity index (χ0v) is 12.6. The SMILES string of the molecule is C/C=C/c1ccc(OC(C)(C)CC(C)C(C)=O)cc1. The van der Waals surface area contributed by atoms with Crippen LogP contribution < -0.4 is 4.74 Å². The number of hydrogen-bond donors (Lipinski definition) is 0. The second kappa shape index (κ2) is 6.55. The van der Waals surface area contributed by atoms with E-state index in [2.05, 4.69) is 0 Å². The number of carbonyl (C=O) groups excluding carboxylic acids is 1. The van der Waals surface area contributed by atoms with E-state index < -0.39 is 0 Å². The summed E-state index contributed by atoms with van der Waals surface area (Å²) in [7, 11) is 0. The molecule has 0 spiro atoms. The van der Waals surface area contributed by atoms with Crippen molar-refractivity contribution in [3.63, 3.8) is 0 Å². The van der Waals surface area contributed by atoms with Gasteiger partial charge in [-0.2, -0.15) is 0 Å². The summed E-state index contributed by atoms with van der Waals surface area (Å²) in [4.78, 5) is 11.3. The van der Waals surface area contributed by atoms with Gasteiger partial charge in [-0.05, 0) is 51.8 Å². The first-order valence-electron chi connectivity index (χ1n) is 6.76. The average molecular weight is 260 g/mol. The van der Waals surface area contributed by atoms with Crippen LogP contribution in [0.25, 0.3) is 6.08 Å². The standard InChI is InChI=1S/C17H24O2/c1-6-7-15-8-10-16(11-9-15)19-17(4,5)12-13(2)14(3)18/h6-11,13H,12H2,1-5H3/b7-6+. The van der Waals surface area contributed by atoms with Gasteiger partial charge >= 0.3 is 0 Å². The molecular formula is C17H24O2. The summed E-state index contributed by atoms with van der Waals surface area (Å²) in [5.41, 5.74) is 0.817. The maximum Gasteiger partial charge on any atom is 0.132 e. The number of ketones is 1. The molecule has 0 aliphatic rings. The van der Waals surface area contributed by atoms with Gasteiger partial charge in [0, 0.05) is 5.92 Å². The highest BCUT2D eigenvalue weighted by molar-refractivity contribution is 5.77. The Labute approximate surface area is 116 Å². The molecular weight excluding hydrogens is 236 g/mol. The van der Waals surface area contributed by atoms with Crippen molar-refractivity contribution in [2.45, 2.75) is 46.6 Å². The van der Waals surface area contributed by atoms with Crippen LogP contribution in [0, 0.1) is 5.92 Å². The lowest BCUT2D eigenvalue weighted by atomic mass is 9.92. The van der Waals surface area contributed by atoms with Gasteiger partial charge in [-0.1, -0.05) is 31.2 Å².